The van der Waals surface area contributed by atoms with E-state index in [1.54, 1.807) is 12.7 Å². The molecule has 1 aromatic rings. The van der Waals surface area contributed by atoms with E-state index in [9.17, 15) is 0 Å². The summed E-state index contributed by atoms with van der Waals surface area (Å²) in [6.07, 6.45) is 5.48. The second-order valence-corrected chi connectivity index (χ2v) is 4.86. The summed E-state index contributed by atoms with van der Waals surface area (Å²) in [5.41, 5.74) is 0.155. The Morgan fingerprint density at radius 2 is 2.50 bits per heavy atom. The van der Waals surface area contributed by atoms with Gasteiger partial charge in [0.1, 0.15) is 12.7 Å². The minimum atomic E-state index is 0.155. The summed E-state index contributed by atoms with van der Waals surface area (Å²) in [7, 11) is 0. The molecular formula is C11H20N4O. The van der Waals surface area contributed by atoms with Crippen LogP contribution in [0.15, 0.2) is 12.7 Å². The van der Waals surface area contributed by atoms with Crippen LogP contribution in [0.5, 0.6) is 0 Å². The van der Waals surface area contributed by atoms with Gasteiger partial charge in [0.2, 0.25) is 0 Å². The number of rotatable bonds is 5. The van der Waals surface area contributed by atoms with Crippen LogP contribution in [-0.2, 0) is 11.3 Å². The molecule has 90 valence electrons. The van der Waals surface area contributed by atoms with E-state index in [0.717, 1.165) is 32.6 Å². The summed E-state index contributed by atoms with van der Waals surface area (Å²) in [5.74, 6) is 0. The van der Waals surface area contributed by atoms with Crippen LogP contribution in [0.3, 0.4) is 0 Å². The zero-order valence-corrected chi connectivity index (χ0v) is 10.0. The molecule has 0 amide bonds. The van der Waals surface area contributed by atoms with Crippen molar-refractivity contribution in [3.05, 3.63) is 12.7 Å². The van der Waals surface area contributed by atoms with Crippen molar-refractivity contribution in [3.63, 3.8) is 0 Å². The van der Waals surface area contributed by atoms with Gasteiger partial charge in [-0.2, -0.15) is 5.10 Å². The minimum Gasteiger partial charge on any atom is -0.379 e. The van der Waals surface area contributed by atoms with Crippen molar-refractivity contribution in [1.29, 1.82) is 0 Å². The molecule has 1 aliphatic rings. The third-order valence-electron chi connectivity index (χ3n) is 3.07. The first-order valence-corrected chi connectivity index (χ1v) is 5.86. The lowest BCUT2D eigenvalue weighted by molar-refractivity contribution is 0.166. The van der Waals surface area contributed by atoms with E-state index in [2.05, 4.69) is 29.2 Å². The molecule has 1 aliphatic heterocycles. The van der Waals surface area contributed by atoms with Crippen LogP contribution < -0.4 is 5.32 Å². The van der Waals surface area contributed by atoms with Gasteiger partial charge in [-0.1, -0.05) is 0 Å². The standard InChI is InChI=1S/C11H20N4O/c1-10(3-5-15-9-12-8-13-15)14-11(2)4-6-16-7-11/h8-10,14H,3-7H2,1-2H3. The van der Waals surface area contributed by atoms with Gasteiger partial charge in [-0.3, -0.25) is 4.68 Å². The molecule has 0 saturated carbocycles. The van der Waals surface area contributed by atoms with Gasteiger partial charge in [0.05, 0.1) is 6.61 Å². The van der Waals surface area contributed by atoms with Gasteiger partial charge in [-0.15, -0.1) is 0 Å². The molecule has 2 unspecified atom stereocenters. The second kappa shape index (κ2) is 4.93. The molecule has 0 radical (unpaired) electrons. The molecule has 16 heavy (non-hydrogen) atoms. The van der Waals surface area contributed by atoms with Crippen LogP contribution in [0.2, 0.25) is 0 Å². The predicted molar refractivity (Wildman–Crippen MR) is 61.1 cm³/mol. The molecule has 1 aromatic heterocycles. The first kappa shape index (κ1) is 11.5. The Hall–Kier alpha value is -0.940. The highest BCUT2D eigenvalue weighted by Gasteiger charge is 2.30. The first-order chi connectivity index (χ1) is 7.68. The fourth-order valence-corrected chi connectivity index (χ4v) is 2.12. The Bertz CT molecular complexity index is 306. The highest BCUT2D eigenvalue weighted by atomic mass is 16.5. The molecule has 5 heteroatoms. The molecule has 0 aromatic carbocycles. The Morgan fingerprint density at radius 3 is 3.12 bits per heavy atom. The van der Waals surface area contributed by atoms with Crippen molar-refractivity contribution < 1.29 is 4.74 Å². The third kappa shape index (κ3) is 3.02. The van der Waals surface area contributed by atoms with E-state index in [4.69, 9.17) is 4.74 Å². The fraction of sp³-hybridized carbons (Fsp3) is 0.818. The summed E-state index contributed by atoms with van der Waals surface area (Å²) in [5, 5.41) is 7.72. The van der Waals surface area contributed by atoms with E-state index < -0.39 is 0 Å². The van der Waals surface area contributed by atoms with Crippen molar-refractivity contribution in [3.8, 4) is 0 Å². The summed E-state index contributed by atoms with van der Waals surface area (Å²) < 4.78 is 7.29. The van der Waals surface area contributed by atoms with Crippen molar-refractivity contribution in [2.75, 3.05) is 13.2 Å². The van der Waals surface area contributed by atoms with Gasteiger partial charge in [0, 0.05) is 24.7 Å². The van der Waals surface area contributed by atoms with Gasteiger partial charge in [0.25, 0.3) is 0 Å². The molecular weight excluding hydrogens is 204 g/mol. The Balaban J connectivity index is 1.73. The number of nitrogens with zero attached hydrogens (tertiary/aromatic N) is 3. The Morgan fingerprint density at radius 1 is 1.62 bits per heavy atom. The topological polar surface area (TPSA) is 52.0 Å². The molecule has 1 saturated heterocycles. The lowest BCUT2D eigenvalue weighted by Crippen LogP contribution is -2.47. The molecule has 0 aliphatic carbocycles. The van der Waals surface area contributed by atoms with Gasteiger partial charge in [-0.25, -0.2) is 4.98 Å². The van der Waals surface area contributed by atoms with Crippen LogP contribution >= 0.6 is 0 Å². The van der Waals surface area contributed by atoms with Crippen molar-refractivity contribution in [2.24, 2.45) is 0 Å². The Labute approximate surface area is 96.2 Å². The number of hydrogen-bond donors (Lipinski definition) is 1. The molecule has 2 atom stereocenters. The Kier molecular flexibility index (Phi) is 3.56. The van der Waals surface area contributed by atoms with E-state index >= 15 is 0 Å². The maximum Gasteiger partial charge on any atom is 0.137 e. The largest absolute Gasteiger partial charge is 0.379 e. The van der Waals surface area contributed by atoms with Crippen LogP contribution in [0.4, 0.5) is 0 Å². The molecule has 2 heterocycles. The van der Waals surface area contributed by atoms with Crippen LogP contribution in [0.1, 0.15) is 26.7 Å². The first-order valence-electron chi connectivity index (χ1n) is 5.86. The highest BCUT2D eigenvalue weighted by molar-refractivity contribution is 4.88. The third-order valence-corrected chi connectivity index (χ3v) is 3.07. The minimum absolute atomic E-state index is 0.155. The summed E-state index contributed by atoms with van der Waals surface area (Å²) in [6.45, 7) is 7.04. The SMILES string of the molecule is CC(CCn1cncn1)NC1(C)CCOC1. The molecule has 0 bridgehead atoms. The number of ether oxygens (including phenoxy) is 1. The number of aryl methyl sites for hydroxylation is 1. The van der Waals surface area contributed by atoms with Gasteiger partial charge in [-0.05, 0) is 26.7 Å². The van der Waals surface area contributed by atoms with Crippen LogP contribution in [0.25, 0.3) is 0 Å². The summed E-state index contributed by atoms with van der Waals surface area (Å²) in [4.78, 5) is 3.93. The van der Waals surface area contributed by atoms with Gasteiger partial charge < -0.3 is 10.1 Å². The molecule has 0 spiro atoms. The number of aromatic nitrogens is 3. The van der Waals surface area contributed by atoms with Gasteiger partial charge >= 0.3 is 0 Å². The van der Waals surface area contributed by atoms with Crippen molar-refractivity contribution in [2.45, 2.75) is 44.8 Å². The monoisotopic (exact) mass is 224 g/mol. The quantitative estimate of drug-likeness (QED) is 0.804. The average molecular weight is 224 g/mol. The summed E-state index contributed by atoms with van der Waals surface area (Å²) in [6, 6.07) is 0.468. The second-order valence-electron chi connectivity index (χ2n) is 4.86. The molecule has 2 rings (SSSR count). The lowest BCUT2D eigenvalue weighted by Gasteiger charge is -2.28. The zero-order valence-electron chi connectivity index (χ0n) is 10.0. The van der Waals surface area contributed by atoms with Crippen LogP contribution in [-0.4, -0.2) is 39.6 Å². The maximum atomic E-state index is 5.42. The van der Waals surface area contributed by atoms with Gasteiger partial charge in [0.15, 0.2) is 0 Å². The number of nitrogens with one attached hydrogen (secondary N) is 1. The fourth-order valence-electron chi connectivity index (χ4n) is 2.12. The zero-order chi connectivity index (χ0) is 11.4. The van der Waals surface area contributed by atoms with Crippen LogP contribution in [0, 0.1) is 0 Å². The van der Waals surface area contributed by atoms with Crippen molar-refractivity contribution >= 4 is 0 Å². The molecule has 1 fully saturated rings. The molecule has 1 N–H and O–H groups in total. The van der Waals surface area contributed by atoms with Crippen molar-refractivity contribution in [1.82, 2.24) is 20.1 Å². The molecule has 5 nitrogen and oxygen atoms in total. The van der Waals surface area contributed by atoms with E-state index in [0.29, 0.717) is 6.04 Å². The maximum absolute atomic E-state index is 5.42. The van der Waals surface area contributed by atoms with E-state index in [1.807, 2.05) is 4.68 Å². The van der Waals surface area contributed by atoms with E-state index in [1.165, 1.54) is 0 Å². The highest BCUT2D eigenvalue weighted by Crippen LogP contribution is 2.18. The lowest BCUT2D eigenvalue weighted by atomic mass is 10.00. The smallest absolute Gasteiger partial charge is 0.137 e. The average Bonchev–Trinajstić information content (AvgIpc) is 2.86. The number of hydrogen-bond acceptors (Lipinski definition) is 4. The summed E-state index contributed by atoms with van der Waals surface area (Å²) >= 11 is 0. The van der Waals surface area contributed by atoms with E-state index in [-0.39, 0.29) is 5.54 Å². The normalized spacial score (nSPS) is 27.1. The predicted octanol–water partition coefficient (Wildman–Crippen LogP) is 0.825.